The van der Waals surface area contributed by atoms with Gasteiger partial charge in [0.1, 0.15) is 5.69 Å². The molecule has 5 heteroatoms. The molecule has 0 bridgehead atoms. The van der Waals surface area contributed by atoms with E-state index in [1.807, 2.05) is 29.2 Å². The Bertz CT molecular complexity index is 726. The Morgan fingerprint density at radius 3 is 2.77 bits per heavy atom. The van der Waals surface area contributed by atoms with Gasteiger partial charge in [-0.25, -0.2) is 0 Å². The summed E-state index contributed by atoms with van der Waals surface area (Å²) in [6, 6.07) is 12.2. The van der Waals surface area contributed by atoms with Crippen molar-refractivity contribution in [1.82, 2.24) is 15.1 Å². The quantitative estimate of drug-likeness (QED) is 0.834. The van der Waals surface area contributed by atoms with Crippen LogP contribution in [0.1, 0.15) is 60.8 Å². The molecule has 2 heterocycles. The molecule has 0 radical (unpaired) electrons. The molecule has 2 aromatic rings. The number of hydrogen-bond donors (Lipinski definition) is 2. The van der Waals surface area contributed by atoms with Gasteiger partial charge in [0.05, 0.1) is 6.61 Å². The lowest BCUT2D eigenvalue weighted by Gasteiger charge is -2.41. The summed E-state index contributed by atoms with van der Waals surface area (Å²) in [6.07, 6.45) is 3.68. The number of benzene rings is 1. The van der Waals surface area contributed by atoms with Gasteiger partial charge in [-0.2, -0.15) is 5.10 Å². The van der Waals surface area contributed by atoms with E-state index in [4.69, 9.17) is 0 Å². The molecule has 1 atom stereocenters. The highest BCUT2D eigenvalue weighted by atomic mass is 16.3. The summed E-state index contributed by atoms with van der Waals surface area (Å²) in [5, 5.41) is 17.3. The van der Waals surface area contributed by atoms with Gasteiger partial charge in [0.25, 0.3) is 5.91 Å². The Balaban J connectivity index is 1.68. The number of aliphatic hydroxyl groups excluding tert-OH is 1. The molecule has 140 valence electrons. The van der Waals surface area contributed by atoms with Crippen molar-refractivity contribution in [3.8, 4) is 0 Å². The van der Waals surface area contributed by atoms with E-state index >= 15 is 0 Å². The molecular weight excluding hydrogens is 326 g/mol. The Morgan fingerprint density at radius 2 is 2.12 bits per heavy atom. The summed E-state index contributed by atoms with van der Waals surface area (Å²) in [5.74, 6) is 0.276. The fourth-order valence-corrected chi connectivity index (χ4v) is 3.75. The first-order valence-electron chi connectivity index (χ1n) is 9.52. The molecule has 1 aromatic carbocycles. The van der Waals surface area contributed by atoms with Crippen LogP contribution in [0.2, 0.25) is 0 Å². The molecule has 26 heavy (non-hydrogen) atoms. The van der Waals surface area contributed by atoms with Crippen LogP contribution in [0, 0.1) is 5.41 Å². The van der Waals surface area contributed by atoms with Crippen LogP contribution in [-0.2, 0) is 6.42 Å². The molecule has 1 saturated heterocycles. The molecule has 1 aliphatic heterocycles. The number of nitrogens with zero attached hydrogens (tertiary/aromatic N) is 2. The first-order valence-corrected chi connectivity index (χ1v) is 9.52. The molecule has 2 N–H and O–H groups in total. The topological polar surface area (TPSA) is 69.2 Å². The highest BCUT2D eigenvalue weighted by Gasteiger charge is 2.37. The van der Waals surface area contributed by atoms with Gasteiger partial charge in [-0.15, -0.1) is 0 Å². The third-order valence-corrected chi connectivity index (χ3v) is 5.51. The van der Waals surface area contributed by atoms with E-state index in [9.17, 15) is 9.90 Å². The molecule has 1 fully saturated rings. The van der Waals surface area contributed by atoms with Crippen molar-refractivity contribution in [2.45, 2.75) is 45.4 Å². The zero-order chi connectivity index (χ0) is 18.6. The van der Waals surface area contributed by atoms with Crippen molar-refractivity contribution in [3.05, 3.63) is 53.3 Å². The van der Waals surface area contributed by atoms with Crippen molar-refractivity contribution in [3.63, 3.8) is 0 Å². The summed E-state index contributed by atoms with van der Waals surface area (Å²) in [4.78, 5) is 14.7. The fourth-order valence-electron chi connectivity index (χ4n) is 3.75. The van der Waals surface area contributed by atoms with Crippen molar-refractivity contribution < 1.29 is 9.90 Å². The lowest BCUT2D eigenvalue weighted by molar-refractivity contribution is 0.0224. The zero-order valence-electron chi connectivity index (χ0n) is 15.7. The number of nitrogens with one attached hydrogen (secondary N) is 1. The predicted octanol–water partition coefficient (Wildman–Crippen LogP) is 3.38. The molecule has 3 rings (SSSR count). The largest absolute Gasteiger partial charge is 0.396 e. The maximum atomic E-state index is 12.9. The second kappa shape index (κ2) is 8.04. The monoisotopic (exact) mass is 355 g/mol. The molecule has 5 nitrogen and oxygen atoms in total. The van der Waals surface area contributed by atoms with Gasteiger partial charge in [-0.1, -0.05) is 44.2 Å². The summed E-state index contributed by atoms with van der Waals surface area (Å²) in [7, 11) is 0. The second-order valence-corrected chi connectivity index (χ2v) is 7.84. The van der Waals surface area contributed by atoms with Crippen LogP contribution in [0.5, 0.6) is 0 Å². The second-order valence-electron chi connectivity index (χ2n) is 7.84. The Labute approximate surface area is 155 Å². The molecule has 1 amide bonds. The van der Waals surface area contributed by atoms with Crippen LogP contribution in [0.4, 0.5) is 0 Å². The number of piperidine rings is 1. The van der Waals surface area contributed by atoms with Gasteiger partial charge in [0, 0.05) is 24.2 Å². The molecule has 1 unspecified atom stereocenters. The van der Waals surface area contributed by atoms with Gasteiger partial charge >= 0.3 is 0 Å². The van der Waals surface area contributed by atoms with E-state index in [0.717, 1.165) is 37.9 Å². The number of aromatic amines is 1. The number of aryl methyl sites for hydroxylation is 1. The number of amides is 1. The molecular formula is C21H29N3O2. The van der Waals surface area contributed by atoms with Crippen LogP contribution in [-0.4, -0.2) is 45.8 Å². The number of likely N-dealkylation sites (tertiary alicyclic amines) is 1. The molecule has 0 aliphatic carbocycles. The predicted molar refractivity (Wildman–Crippen MR) is 102 cm³/mol. The van der Waals surface area contributed by atoms with Gasteiger partial charge in [0.2, 0.25) is 0 Å². The van der Waals surface area contributed by atoms with E-state index < -0.39 is 0 Å². The zero-order valence-corrected chi connectivity index (χ0v) is 15.7. The van der Waals surface area contributed by atoms with Gasteiger partial charge in [-0.3, -0.25) is 9.89 Å². The minimum absolute atomic E-state index is 0.0367. The van der Waals surface area contributed by atoms with E-state index in [1.54, 1.807) is 0 Å². The maximum absolute atomic E-state index is 12.9. The van der Waals surface area contributed by atoms with Crippen molar-refractivity contribution in [2.75, 3.05) is 19.7 Å². The number of hydrogen-bond acceptors (Lipinski definition) is 3. The highest BCUT2D eigenvalue weighted by Crippen LogP contribution is 2.35. The molecule has 1 aliphatic rings. The average Bonchev–Trinajstić information content (AvgIpc) is 3.17. The summed E-state index contributed by atoms with van der Waals surface area (Å²) >= 11 is 0. The minimum Gasteiger partial charge on any atom is -0.396 e. The van der Waals surface area contributed by atoms with Crippen LogP contribution in [0.25, 0.3) is 0 Å². The number of H-pyrrole nitrogens is 1. The number of carbonyl (C=O) groups excluding carboxylic acids is 1. The normalized spacial score (nSPS) is 20.5. The van der Waals surface area contributed by atoms with Crippen LogP contribution >= 0.6 is 0 Å². The van der Waals surface area contributed by atoms with Crippen molar-refractivity contribution >= 4 is 5.91 Å². The Morgan fingerprint density at radius 1 is 1.35 bits per heavy atom. The van der Waals surface area contributed by atoms with Crippen LogP contribution < -0.4 is 0 Å². The third kappa shape index (κ3) is 4.15. The lowest BCUT2D eigenvalue weighted by Crippen LogP contribution is -2.48. The fraction of sp³-hybridized carbons (Fsp3) is 0.524. The van der Waals surface area contributed by atoms with Gasteiger partial charge in [0.15, 0.2) is 0 Å². The number of carbonyl (C=O) groups is 1. The Hall–Kier alpha value is -2.14. The molecule has 0 spiro atoms. The standard InChI is InChI=1S/C21H29N3O2/c1-16(2)18-13-19(23-22-18)20(26)24-12-6-10-21(14-24,15-25)11-9-17-7-4-3-5-8-17/h3-5,7-8,13,16,25H,6,9-12,14-15H2,1-2H3,(H,22,23). The van der Waals surface area contributed by atoms with Crippen LogP contribution in [0.3, 0.4) is 0 Å². The van der Waals surface area contributed by atoms with E-state index in [-0.39, 0.29) is 17.9 Å². The van der Waals surface area contributed by atoms with Crippen molar-refractivity contribution in [1.29, 1.82) is 0 Å². The van der Waals surface area contributed by atoms with Gasteiger partial charge < -0.3 is 10.0 Å². The Kier molecular flexibility index (Phi) is 5.77. The smallest absolute Gasteiger partial charge is 0.274 e. The van der Waals surface area contributed by atoms with Crippen LogP contribution in [0.15, 0.2) is 36.4 Å². The minimum atomic E-state index is -0.221. The summed E-state index contributed by atoms with van der Waals surface area (Å²) < 4.78 is 0. The summed E-state index contributed by atoms with van der Waals surface area (Å²) in [5.41, 5.74) is 2.51. The third-order valence-electron chi connectivity index (χ3n) is 5.51. The lowest BCUT2D eigenvalue weighted by atomic mass is 9.76. The number of rotatable bonds is 6. The van der Waals surface area contributed by atoms with E-state index in [2.05, 4.69) is 36.2 Å². The van der Waals surface area contributed by atoms with E-state index in [0.29, 0.717) is 18.2 Å². The highest BCUT2D eigenvalue weighted by molar-refractivity contribution is 5.92. The first-order chi connectivity index (χ1) is 12.5. The SMILES string of the molecule is CC(C)c1cc(C(=O)N2CCCC(CO)(CCc3ccccc3)C2)n[nH]1. The van der Waals surface area contributed by atoms with Gasteiger partial charge in [-0.05, 0) is 43.2 Å². The molecule has 0 saturated carbocycles. The molecule has 1 aromatic heterocycles. The average molecular weight is 355 g/mol. The van der Waals surface area contributed by atoms with Crippen molar-refractivity contribution in [2.24, 2.45) is 5.41 Å². The number of aromatic nitrogens is 2. The van der Waals surface area contributed by atoms with E-state index in [1.165, 1.54) is 5.56 Å². The first kappa shape index (κ1) is 18.6. The summed E-state index contributed by atoms with van der Waals surface area (Å²) in [6.45, 7) is 5.59. The number of aliphatic hydroxyl groups is 1. The maximum Gasteiger partial charge on any atom is 0.274 e.